The lowest BCUT2D eigenvalue weighted by atomic mass is 10.0. The van der Waals surface area contributed by atoms with Crippen molar-refractivity contribution < 1.29 is 9.53 Å². The smallest absolute Gasteiger partial charge is 0.229 e. The standard InChI is InChI=1S/C32H30ClN5O2S2/c1-3-15-40-28-14-11-22(16-20(28)2)29-27(18-38(37-29)24-7-5-4-6-8-24)25-17-26(25)30(39)34-31-35-36-32(42-31)41-19-21-9-12-23(33)13-10-21/h4-14,16,18,25-26H,3,15,17,19H2,1-2H3,(H,34,35,39). The molecular formula is C32H30ClN5O2S2. The first-order valence-electron chi connectivity index (χ1n) is 13.9. The largest absolute Gasteiger partial charge is 0.493 e. The summed E-state index contributed by atoms with van der Waals surface area (Å²) in [5.74, 6) is 1.52. The fraction of sp³-hybridized carbons (Fsp3) is 0.250. The molecule has 214 valence electrons. The summed E-state index contributed by atoms with van der Waals surface area (Å²) in [6.07, 6.45) is 3.78. The van der Waals surface area contributed by atoms with Crippen LogP contribution in [0.2, 0.25) is 5.02 Å². The number of benzene rings is 3. The highest BCUT2D eigenvalue weighted by atomic mass is 35.5. The lowest BCUT2D eigenvalue weighted by molar-refractivity contribution is -0.117. The third kappa shape index (κ3) is 6.53. The quantitative estimate of drug-likeness (QED) is 0.119. The number of amides is 1. The van der Waals surface area contributed by atoms with Gasteiger partial charge in [-0.15, -0.1) is 10.2 Å². The van der Waals surface area contributed by atoms with E-state index in [-0.39, 0.29) is 17.7 Å². The van der Waals surface area contributed by atoms with Crippen molar-refractivity contribution in [3.63, 3.8) is 0 Å². The molecule has 0 bridgehead atoms. The van der Waals surface area contributed by atoms with Gasteiger partial charge < -0.3 is 10.1 Å². The summed E-state index contributed by atoms with van der Waals surface area (Å²) in [5.41, 5.74) is 6.16. The second-order valence-electron chi connectivity index (χ2n) is 10.3. The molecule has 1 fully saturated rings. The molecule has 1 saturated carbocycles. The van der Waals surface area contributed by atoms with Crippen LogP contribution in [0.1, 0.15) is 42.4 Å². The van der Waals surface area contributed by atoms with Crippen molar-refractivity contribution in [1.29, 1.82) is 0 Å². The maximum absolute atomic E-state index is 13.3. The summed E-state index contributed by atoms with van der Waals surface area (Å²) < 4.78 is 8.61. The number of thioether (sulfide) groups is 1. The molecule has 2 aromatic heterocycles. The molecule has 10 heteroatoms. The first-order chi connectivity index (χ1) is 20.5. The number of halogens is 1. The number of para-hydroxylation sites is 1. The van der Waals surface area contributed by atoms with Crippen LogP contribution in [0.4, 0.5) is 5.13 Å². The van der Waals surface area contributed by atoms with Crippen LogP contribution in [-0.4, -0.2) is 32.5 Å². The first kappa shape index (κ1) is 28.5. The van der Waals surface area contributed by atoms with E-state index in [1.165, 1.54) is 11.3 Å². The Bertz CT molecular complexity index is 1690. The number of carbonyl (C=O) groups is 1. The van der Waals surface area contributed by atoms with Gasteiger partial charge in [0.05, 0.1) is 18.0 Å². The predicted molar refractivity (Wildman–Crippen MR) is 170 cm³/mol. The average molecular weight is 616 g/mol. The Balaban J connectivity index is 1.17. The van der Waals surface area contributed by atoms with Gasteiger partial charge >= 0.3 is 0 Å². The van der Waals surface area contributed by atoms with Crippen LogP contribution in [-0.2, 0) is 10.5 Å². The van der Waals surface area contributed by atoms with Gasteiger partial charge in [0.25, 0.3) is 0 Å². The molecule has 0 radical (unpaired) electrons. The number of aryl methyl sites for hydroxylation is 1. The minimum Gasteiger partial charge on any atom is -0.493 e. The van der Waals surface area contributed by atoms with E-state index in [9.17, 15) is 4.79 Å². The number of nitrogens with zero attached hydrogens (tertiary/aromatic N) is 4. The molecule has 0 aliphatic heterocycles. The predicted octanol–water partition coefficient (Wildman–Crippen LogP) is 8.18. The number of ether oxygens (including phenoxy) is 1. The molecule has 6 rings (SSSR count). The van der Waals surface area contributed by atoms with Crippen molar-refractivity contribution in [2.24, 2.45) is 5.92 Å². The highest BCUT2D eigenvalue weighted by Gasteiger charge is 2.46. The van der Waals surface area contributed by atoms with E-state index >= 15 is 0 Å². The second kappa shape index (κ2) is 12.7. The van der Waals surface area contributed by atoms with Crippen LogP contribution in [0, 0.1) is 12.8 Å². The second-order valence-corrected chi connectivity index (χ2v) is 12.9. The van der Waals surface area contributed by atoms with E-state index < -0.39 is 0 Å². The zero-order valence-corrected chi connectivity index (χ0v) is 25.7. The highest BCUT2D eigenvalue weighted by Crippen LogP contribution is 2.51. The van der Waals surface area contributed by atoms with Crippen molar-refractivity contribution in [2.45, 2.75) is 42.7 Å². The van der Waals surface area contributed by atoms with Crippen molar-refractivity contribution >= 4 is 45.7 Å². The first-order valence-corrected chi connectivity index (χ1v) is 16.1. The molecule has 2 atom stereocenters. The SMILES string of the molecule is CCCOc1ccc(-c2nn(-c3ccccc3)cc2C2CC2C(=O)Nc2nnc(SCc3ccc(Cl)cc3)s2)cc1C. The monoisotopic (exact) mass is 615 g/mol. The van der Waals surface area contributed by atoms with Gasteiger partial charge in [-0.25, -0.2) is 4.68 Å². The Morgan fingerprint density at radius 3 is 2.69 bits per heavy atom. The Kier molecular flexibility index (Phi) is 8.60. The number of hydrogen-bond donors (Lipinski definition) is 1. The number of anilines is 1. The molecule has 5 aromatic rings. The van der Waals surface area contributed by atoms with Crippen molar-refractivity contribution in [3.8, 4) is 22.7 Å². The van der Waals surface area contributed by atoms with Gasteiger partial charge in [-0.05, 0) is 73.4 Å². The summed E-state index contributed by atoms with van der Waals surface area (Å²) in [5, 5.41) is 17.7. The maximum atomic E-state index is 13.3. The van der Waals surface area contributed by atoms with Gasteiger partial charge in [0.1, 0.15) is 5.75 Å². The number of rotatable bonds is 11. The lowest BCUT2D eigenvalue weighted by Gasteiger charge is -2.10. The van der Waals surface area contributed by atoms with Crippen molar-refractivity contribution in [2.75, 3.05) is 11.9 Å². The maximum Gasteiger partial charge on any atom is 0.229 e. The summed E-state index contributed by atoms with van der Waals surface area (Å²) >= 11 is 8.96. The Labute approximate surface area is 258 Å². The minimum atomic E-state index is -0.153. The lowest BCUT2D eigenvalue weighted by Crippen LogP contribution is -2.14. The minimum absolute atomic E-state index is 0.0386. The number of hydrogen-bond acceptors (Lipinski definition) is 7. The van der Waals surface area contributed by atoms with E-state index in [0.29, 0.717) is 16.8 Å². The van der Waals surface area contributed by atoms with Gasteiger partial charge in [0, 0.05) is 39.9 Å². The Morgan fingerprint density at radius 1 is 1.12 bits per heavy atom. The van der Waals surface area contributed by atoms with E-state index in [0.717, 1.165) is 62.3 Å². The zero-order valence-electron chi connectivity index (χ0n) is 23.3. The molecular weight excluding hydrogens is 586 g/mol. The topological polar surface area (TPSA) is 81.9 Å². The molecule has 2 unspecified atom stereocenters. The molecule has 1 N–H and O–H groups in total. The molecule has 0 saturated heterocycles. The fourth-order valence-corrected chi connectivity index (χ4v) is 6.67. The number of carbonyl (C=O) groups excluding carboxylic acids is 1. The molecule has 2 heterocycles. The Hall–Kier alpha value is -3.66. The summed E-state index contributed by atoms with van der Waals surface area (Å²) in [4.78, 5) is 13.3. The normalized spacial score (nSPS) is 15.9. The van der Waals surface area contributed by atoms with Crippen LogP contribution in [0.5, 0.6) is 5.75 Å². The van der Waals surface area contributed by atoms with Gasteiger partial charge in [-0.2, -0.15) is 5.10 Å². The zero-order chi connectivity index (χ0) is 29.1. The van der Waals surface area contributed by atoms with Crippen LogP contribution in [0.15, 0.2) is 83.3 Å². The molecule has 3 aromatic carbocycles. The third-order valence-electron chi connectivity index (χ3n) is 7.11. The summed E-state index contributed by atoms with van der Waals surface area (Å²) in [7, 11) is 0. The van der Waals surface area contributed by atoms with Gasteiger partial charge in [0.15, 0.2) is 4.34 Å². The van der Waals surface area contributed by atoms with Gasteiger partial charge in [-0.3, -0.25) is 4.79 Å². The van der Waals surface area contributed by atoms with E-state index in [2.05, 4.69) is 47.7 Å². The van der Waals surface area contributed by atoms with E-state index in [1.54, 1.807) is 11.8 Å². The van der Waals surface area contributed by atoms with Crippen molar-refractivity contribution in [3.05, 3.63) is 101 Å². The highest BCUT2D eigenvalue weighted by molar-refractivity contribution is 8.00. The average Bonchev–Trinajstić information content (AvgIpc) is 3.47. The number of aromatic nitrogens is 4. The van der Waals surface area contributed by atoms with Crippen LogP contribution in [0.25, 0.3) is 16.9 Å². The molecule has 1 amide bonds. The third-order valence-corrected chi connectivity index (χ3v) is 9.41. The molecule has 1 aliphatic carbocycles. The molecule has 0 spiro atoms. The van der Waals surface area contributed by atoms with Gasteiger partial charge in [-0.1, -0.05) is 72.0 Å². The fourth-order valence-electron chi connectivity index (χ4n) is 4.84. The van der Waals surface area contributed by atoms with Crippen LogP contribution in [0.3, 0.4) is 0 Å². The van der Waals surface area contributed by atoms with Crippen molar-refractivity contribution in [1.82, 2.24) is 20.0 Å². The van der Waals surface area contributed by atoms with Crippen LogP contribution < -0.4 is 10.1 Å². The molecule has 1 aliphatic rings. The molecule has 42 heavy (non-hydrogen) atoms. The van der Waals surface area contributed by atoms with Gasteiger partial charge in [0.2, 0.25) is 11.0 Å². The van der Waals surface area contributed by atoms with Crippen LogP contribution >= 0.6 is 34.7 Å². The molecule has 7 nitrogen and oxygen atoms in total. The Morgan fingerprint density at radius 2 is 1.93 bits per heavy atom. The number of nitrogens with one attached hydrogen (secondary N) is 1. The van der Waals surface area contributed by atoms with E-state index in [1.807, 2.05) is 65.3 Å². The summed E-state index contributed by atoms with van der Waals surface area (Å²) in [6, 6.07) is 24.0. The summed E-state index contributed by atoms with van der Waals surface area (Å²) in [6.45, 7) is 4.84. The van der Waals surface area contributed by atoms with E-state index in [4.69, 9.17) is 21.4 Å².